The Hall–Kier alpha value is -0.170. The largest absolute Gasteiger partial charge is 0.396 e. The van der Waals surface area contributed by atoms with Gasteiger partial charge in [0.15, 0.2) is 0 Å². The molecule has 0 spiro atoms. The zero-order valence-electron chi connectivity index (χ0n) is 8.78. The van der Waals surface area contributed by atoms with Crippen molar-refractivity contribution in [3.63, 3.8) is 0 Å². The van der Waals surface area contributed by atoms with Gasteiger partial charge in [-0.25, -0.2) is 13.6 Å². The van der Waals surface area contributed by atoms with Crippen LogP contribution in [0.1, 0.15) is 20.3 Å². The number of sulfonamides is 1. The normalized spacial score (nSPS) is 13.1. The quantitative estimate of drug-likeness (QED) is 0.497. The number of nitrogens with one attached hydrogen (secondary N) is 1. The van der Waals surface area contributed by atoms with E-state index in [2.05, 4.69) is 5.32 Å². The second-order valence-electron chi connectivity index (χ2n) is 4.18. The minimum absolute atomic E-state index is 0.0207. The third kappa shape index (κ3) is 8.43. The van der Waals surface area contributed by atoms with Gasteiger partial charge in [-0.05, 0) is 11.8 Å². The van der Waals surface area contributed by atoms with Gasteiger partial charge in [-0.15, -0.1) is 0 Å². The molecule has 0 heterocycles. The molecule has 0 aliphatic rings. The summed E-state index contributed by atoms with van der Waals surface area (Å²) in [5, 5.41) is 16.6. The number of aliphatic hydroxyl groups is 1. The molecular formula is C8H20N2O3S. The predicted molar refractivity (Wildman–Crippen MR) is 56.3 cm³/mol. The lowest BCUT2D eigenvalue weighted by Crippen LogP contribution is -2.34. The lowest BCUT2D eigenvalue weighted by Gasteiger charge is -2.23. The van der Waals surface area contributed by atoms with Crippen LogP contribution in [0.2, 0.25) is 0 Å². The lowest BCUT2D eigenvalue weighted by molar-refractivity contribution is 0.208. The smallest absolute Gasteiger partial charge is 0.210 e. The van der Waals surface area contributed by atoms with Gasteiger partial charge in [0, 0.05) is 19.7 Å². The van der Waals surface area contributed by atoms with Gasteiger partial charge >= 0.3 is 0 Å². The van der Waals surface area contributed by atoms with E-state index in [1.165, 1.54) is 0 Å². The average molecular weight is 224 g/mol. The molecule has 0 aliphatic carbocycles. The summed E-state index contributed by atoms with van der Waals surface area (Å²) in [5.74, 6) is -0.0534. The Morgan fingerprint density at radius 3 is 2.43 bits per heavy atom. The maximum atomic E-state index is 10.6. The molecule has 6 heteroatoms. The van der Waals surface area contributed by atoms with Crippen molar-refractivity contribution < 1.29 is 13.5 Å². The van der Waals surface area contributed by atoms with E-state index < -0.39 is 10.0 Å². The van der Waals surface area contributed by atoms with E-state index in [1.807, 2.05) is 13.8 Å². The summed E-state index contributed by atoms with van der Waals surface area (Å²) < 4.78 is 21.2. The predicted octanol–water partition coefficient (Wildman–Crippen LogP) is -0.727. The highest BCUT2D eigenvalue weighted by Crippen LogP contribution is 2.17. The van der Waals surface area contributed by atoms with E-state index in [1.54, 1.807) is 0 Å². The molecule has 0 unspecified atom stereocenters. The third-order valence-corrected chi connectivity index (χ3v) is 2.73. The van der Waals surface area contributed by atoms with E-state index in [4.69, 9.17) is 10.2 Å². The summed E-state index contributed by atoms with van der Waals surface area (Å²) in [6.07, 6.45) is 0.690. The molecule has 0 amide bonds. The first kappa shape index (κ1) is 13.8. The van der Waals surface area contributed by atoms with Crippen LogP contribution in [0.15, 0.2) is 0 Å². The van der Waals surface area contributed by atoms with E-state index in [9.17, 15) is 8.42 Å². The van der Waals surface area contributed by atoms with Gasteiger partial charge in [-0.1, -0.05) is 13.8 Å². The van der Waals surface area contributed by atoms with Crippen LogP contribution in [0.5, 0.6) is 0 Å². The fourth-order valence-corrected chi connectivity index (χ4v) is 1.46. The van der Waals surface area contributed by atoms with Crippen molar-refractivity contribution in [3.05, 3.63) is 0 Å². The van der Waals surface area contributed by atoms with Gasteiger partial charge in [0.1, 0.15) is 0 Å². The summed E-state index contributed by atoms with van der Waals surface area (Å²) >= 11 is 0. The van der Waals surface area contributed by atoms with Crippen LogP contribution in [-0.4, -0.2) is 39.0 Å². The molecule has 0 atom stereocenters. The van der Waals surface area contributed by atoms with E-state index in [0.717, 1.165) is 0 Å². The van der Waals surface area contributed by atoms with Crippen molar-refractivity contribution in [2.75, 3.05) is 25.4 Å². The van der Waals surface area contributed by atoms with E-state index >= 15 is 0 Å². The molecule has 0 aromatic rings. The Balaban J connectivity index is 3.64. The highest BCUT2D eigenvalue weighted by molar-refractivity contribution is 7.89. The molecule has 0 saturated carbocycles. The van der Waals surface area contributed by atoms with Crippen LogP contribution in [0.4, 0.5) is 0 Å². The van der Waals surface area contributed by atoms with Crippen molar-refractivity contribution in [1.29, 1.82) is 0 Å². The SMILES string of the molecule is CC(C)(CCO)CNCCS(N)(=O)=O. The monoisotopic (exact) mass is 224 g/mol. The maximum absolute atomic E-state index is 10.6. The van der Waals surface area contributed by atoms with Crippen LogP contribution in [-0.2, 0) is 10.0 Å². The van der Waals surface area contributed by atoms with Gasteiger partial charge in [-0.2, -0.15) is 0 Å². The fraction of sp³-hybridized carbons (Fsp3) is 1.00. The molecule has 0 bridgehead atoms. The van der Waals surface area contributed by atoms with Crippen molar-refractivity contribution in [1.82, 2.24) is 5.32 Å². The Kier molecular flexibility index (Phi) is 5.58. The Morgan fingerprint density at radius 2 is 2.00 bits per heavy atom. The molecule has 0 fully saturated rings. The zero-order chi connectivity index (χ0) is 11.2. The van der Waals surface area contributed by atoms with Crippen molar-refractivity contribution in [3.8, 4) is 0 Å². The topological polar surface area (TPSA) is 92.4 Å². The first-order chi connectivity index (χ1) is 6.27. The molecule has 86 valence electrons. The molecule has 0 rings (SSSR count). The summed E-state index contributed by atoms with van der Waals surface area (Å²) in [7, 11) is -3.37. The number of hydrogen-bond acceptors (Lipinski definition) is 4. The number of hydrogen-bond donors (Lipinski definition) is 3. The zero-order valence-corrected chi connectivity index (χ0v) is 9.60. The van der Waals surface area contributed by atoms with Crippen molar-refractivity contribution in [2.24, 2.45) is 10.6 Å². The summed E-state index contributed by atoms with van der Waals surface area (Å²) in [6, 6.07) is 0. The first-order valence-electron chi connectivity index (χ1n) is 4.59. The standard InChI is InChI=1S/C8H20N2O3S/c1-8(2,3-5-11)7-10-4-6-14(9,12)13/h10-11H,3-7H2,1-2H3,(H2,9,12,13). The summed E-state index contributed by atoms with van der Waals surface area (Å²) in [4.78, 5) is 0. The second-order valence-corrected chi connectivity index (χ2v) is 5.92. The molecule has 0 aliphatic heterocycles. The van der Waals surface area contributed by atoms with Gasteiger partial charge in [-0.3, -0.25) is 0 Å². The lowest BCUT2D eigenvalue weighted by atomic mass is 9.90. The number of nitrogens with two attached hydrogens (primary N) is 1. The maximum Gasteiger partial charge on any atom is 0.210 e. The molecule has 4 N–H and O–H groups in total. The van der Waals surface area contributed by atoms with Gasteiger partial charge in [0.25, 0.3) is 0 Å². The molecule has 0 aromatic carbocycles. The van der Waals surface area contributed by atoms with Crippen LogP contribution < -0.4 is 10.5 Å². The molecule has 14 heavy (non-hydrogen) atoms. The first-order valence-corrected chi connectivity index (χ1v) is 6.30. The average Bonchev–Trinajstić information content (AvgIpc) is 1.96. The third-order valence-electron chi connectivity index (χ3n) is 1.96. The van der Waals surface area contributed by atoms with Crippen LogP contribution in [0, 0.1) is 5.41 Å². The number of primary sulfonamides is 1. The minimum atomic E-state index is -3.37. The Morgan fingerprint density at radius 1 is 1.43 bits per heavy atom. The fourth-order valence-electron chi connectivity index (χ4n) is 1.03. The highest BCUT2D eigenvalue weighted by atomic mass is 32.2. The van der Waals surface area contributed by atoms with Crippen LogP contribution >= 0.6 is 0 Å². The molecule has 5 nitrogen and oxygen atoms in total. The van der Waals surface area contributed by atoms with Gasteiger partial charge in [0.2, 0.25) is 10.0 Å². The number of aliphatic hydroxyl groups excluding tert-OH is 1. The summed E-state index contributed by atoms with van der Waals surface area (Å²) in [6.45, 7) is 5.18. The Labute approximate surface area is 85.7 Å². The summed E-state index contributed by atoms with van der Waals surface area (Å²) in [5.41, 5.74) is -0.0207. The van der Waals surface area contributed by atoms with Gasteiger partial charge < -0.3 is 10.4 Å². The molecule has 0 aromatic heterocycles. The van der Waals surface area contributed by atoms with Crippen molar-refractivity contribution in [2.45, 2.75) is 20.3 Å². The molecular weight excluding hydrogens is 204 g/mol. The van der Waals surface area contributed by atoms with Gasteiger partial charge in [0.05, 0.1) is 5.75 Å². The van der Waals surface area contributed by atoms with E-state index in [-0.39, 0.29) is 17.8 Å². The Bertz CT molecular complexity index is 249. The highest BCUT2D eigenvalue weighted by Gasteiger charge is 2.16. The number of rotatable bonds is 7. The minimum Gasteiger partial charge on any atom is -0.396 e. The van der Waals surface area contributed by atoms with E-state index in [0.29, 0.717) is 19.5 Å². The van der Waals surface area contributed by atoms with Crippen LogP contribution in [0.25, 0.3) is 0 Å². The molecule has 0 radical (unpaired) electrons. The molecule has 0 saturated heterocycles. The van der Waals surface area contributed by atoms with Crippen LogP contribution in [0.3, 0.4) is 0 Å². The van der Waals surface area contributed by atoms with Crippen molar-refractivity contribution >= 4 is 10.0 Å². The second kappa shape index (κ2) is 5.65.